The van der Waals surface area contributed by atoms with Crippen molar-refractivity contribution in [3.05, 3.63) is 29.8 Å². The van der Waals surface area contributed by atoms with E-state index in [9.17, 15) is 0 Å². The van der Waals surface area contributed by atoms with E-state index in [4.69, 9.17) is 10.6 Å². The molecule has 0 unspecified atom stereocenters. The zero-order chi connectivity index (χ0) is 9.35. The first kappa shape index (κ1) is 2.09. The lowest BCUT2D eigenvalue weighted by molar-refractivity contribution is 0.471. The molecule has 1 heteroatoms. The van der Waals surface area contributed by atoms with E-state index >= 15 is 0 Å². The Balaban J connectivity index is 3.23. The molecule has 8 heavy (non-hydrogen) atoms. The van der Waals surface area contributed by atoms with Crippen molar-refractivity contribution >= 4 is 0 Å². The van der Waals surface area contributed by atoms with Crippen molar-refractivity contribution in [2.75, 3.05) is 0 Å². The monoisotopic (exact) mass is 112 g/mol. The van der Waals surface area contributed by atoms with Gasteiger partial charge in [0.1, 0.15) is 5.75 Å². The van der Waals surface area contributed by atoms with Gasteiger partial charge < -0.3 is 5.11 Å². The van der Waals surface area contributed by atoms with Crippen LogP contribution in [-0.4, -0.2) is 5.11 Å². The number of rotatable bonds is 0. The van der Waals surface area contributed by atoms with Crippen molar-refractivity contribution < 1.29 is 10.6 Å². The maximum atomic E-state index is 9.13. The summed E-state index contributed by atoms with van der Waals surface area (Å²) in [5, 5.41) is 9.13. The fourth-order valence-corrected chi connectivity index (χ4v) is 0.422. The zero-order valence-corrected chi connectivity index (χ0v) is 4.18. The molecule has 1 rings (SSSR count). The van der Waals surface area contributed by atoms with E-state index in [2.05, 4.69) is 0 Å². The summed E-state index contributed by atoms with van der Waals surface area (Å²) in [7, 11) is 0. The van der Waals surface area contributed by atoms with Gasteiger partial charge in [0.25, 0.3) is 0 Å². The first-order valence-electron chi connectivity index (χ1n) is 4.21. The van der Waals surface area contributed by atoms with E-state index in [-0.39, 0.29) is 17.4 Å². The van der Waals surface area contributed by atoms with Crippen LogP contribution in [0, 0.1) is 6.85 Å². The third-order valence-corrected chi connectivity index (χ3v) is 0.841. The Kier molecular flexibility index (Phi) is 0.488. The molecule has 0 bridgehead atoms. The van der Waals surface area contributed by atoms with Gasteiger partial charge in [0.15, 0.2) is 0 Å². The van der Waals surface area contributed by atoms with Crippen LogP contribution >= 0.6 is 0 Å². The van der Waals surface area contributed by atoms with Crippen LogP contribution in [0.15, 0.2) is 24.2 Å². The average molecular weight is 112 g/mol. The Hall–Kier alpha value is -0.980. The Labute approximate surface area is 54.2 Å². The highest BCUT2D eigenvalue weighted by Gasteiger charge is 1.86. The molecule has 0 aliphatic rings. The lowest BCUT2D eigenvalue weighted by Crippen LogP contribution is -1.68. The first-order chi connectivity index (χ1) is 5.41. The van der Waals surface area contributed by atoms with E-state index in [1.807, 2.05) is 0 Å². The highest BCUT2D eigenvalue weighted by atomic mass is 16.3. The first-order valence-corrected chi connectivity index (χ1v) is 2.21. The van der Waals surface area contributed by atoms with Gasteiger partial charge in [-0.25, -0.2) is 0 Å². The summed E-state index contributed by atoms with van der Waals surface area (Å²) < 4.78 is 28.2. The maximum absolute atomic E-state index is 9.13. The van der Waals surface area contributed by atoms with Crippen molar-refractivity contribution in [2.45, 2.75) is 6.85 Å². The topological polar surface area (TPSA) is 20.2 Å². The van der Waals surface area contributed by atoms with Gasteiger partial charge in [0.05, 0.1) is 1.37 Å². The van der Waals surface area contributed by atoms with Gasteiger partial charge in [0.2, 0.25) is 0 Å². The van der Waals surface area contributed by atoms with Crippen molar-refractivity contribution in [1.29, 1.82) is 0 Å². The number of phenolic OH excluding ortho intramolecular Hbond substituents is 1. The van der Waals surface area contributed by atoms with Crippen molar-refractivity contribution in [2.24, 2.45) is 0 Å². The molecular weight excluding hydrogens is 100 g/mol. The molecule has 0 aromatic heterocycles. The molecule has 1 aromatic carbocycles. The SMILES string of the molecule is [2H]c1ccc(O)c(C([2H])([2H])[2H])c1. The number of phenols is 1. The average Bonchev–Trinajstić information content (AvgIpc) is 1.92. The van der Waals surface area contributed by atoms with Gasteiger partial charge in [-0.1, -0.05) is 18.2 Å². The van der Waals surface area contributed by atoms with Crippen LogP contribution in [0.25, 0.3) is 0 Å². The minimum atomic E-state index is -2.35. The van der Waals surface area contributed by atoms with E-state index in [0.29, 0.717) is 0 Å². The van der Waals surface area contributed by atoms with Crippen LogP contribution < -0.4 is 0 Å². The lowest BCUT2D eigenvalue weighted by Gasteiger charge is -1.92. The van der Waals surface area contributed by atoms with Gasteiger partial charge >= 0.3 is 0 Å². The second kappa shape index (κ2) is 1.86. The fraction of sp³-hybridized carbons (Fsp3) is 0.143. The third-order valence-electron chi connectivity index (χ3n) is 0.841. The molecule has 42 valence electrons. The molecule has 0 spiro atoms. The number of hydrogen-bond donors (Lipinski definition) is 1. The van der Waals surface area contributed by atoms with Crippen LogP contribution in [0.4, 0.5) is 0 Å². The Morgan fingerprint density at radius 1 is 1.75 bits per heavy atom. The van der Waals surface area contributed by atoms with Crippen LogP contribution in [0.5, 0.6) is 5.75 Å². The van der Waals surface area contributed by atoms with Crippen molar-refractivity contribution in [3.63, 3.8) is 0 Å². The summed E-state index contributed by atoms with van der Waals surface area (Å²) in [5.74, 6) is -0.286. The number of benzene rings is 1. The number of para-hydroxylation sites is 1. The third kappa shape index (κ3) is 0.808. The standard InChI is InChI=1S/C7H8O/c1-6-4-2-3-5-7(6)8/h2-5,8H,1H3/i1D3,2D. The second-order valence-corrected chi connectivity index (χ2v) is 1.44. The molecule has 0 saturated heterocycles. The largest absolute Gasteiger partial charge is 0.508 e. The Bertz CT molecular complexity index is 292. The van der Waals surface area contributed by atoms with E-state index < -0.39 is 6.85 Å². The molecule has 0 radical (unpaired) electrons. The molecule has 0 fully saturated rings. The summed E-state index contributed by atoms with van der Waals surface area (Å²) in [4.78, 5) is 0. The summed E-state index contributed by atoms with van der Waals surface area (Å²) >= 11 is 0. The molecule has 0 aliphatic heterocycles. The molecule has 0 heterocycles. The quantitative estimate of drug-likeness (QED) is 0.541. The predicted octanol–water partition coefficient (Wildman–Crippen LogP) is 1.70. The smallest absolute Gasteiger partial charge is 0.118 e. The summed E-state index contributed by atoms with van der Waals surface area (Å²) in [6.45, 7) is -2.35. The maximum Gasteiger partial charge on any atom is 0.118 e. The van der Waals surface area contributed by atoms with Crippen LogP contribution in [0.3, 0.4) is 0 Å². The molecule has 0 atom stereocenters. The zero-order valence-electron chi connectivity index (χ0n) is 8.18. The summed E-state index contributed by atoms with van der Waals surface area (Å²) in [6.07, 6.45) is 0. The lowest BCUT2D eigenvalue weighted by atomic mass is 10.2. The molecule has 1 aromatic rings. The highest BCUT2D eigenvalue weighted by molar-refractivity contribution is 5.29. The second-order valence-electron chi connectivity index (χ2n) is 1.44. The molecule has 0 aliphatic carbocycles. The Morgan fingerprint density at radius 2 is 2.62 bits per heavy atom. The van der Waals surface area contributed by atoms with Gasteiger partial charge in [-0.3, -0.25) is 0 Å². The van der Waals surface area contributed by atoms with Crippen molar-refractivity contribution in [3.8, 4) is 5.75 Å². The van der Waals surface area contributed by atoms with Crippen LogP contribution in [0.2, 0.25) is 0 Å². The molecule has 0 saturated carbocycles. The van der Waals surface area contributed by atoms with E-state index in [1.54, 1.807) is 0 Å². The fourth-order valence-electron chi connectivity index (χ4n) is 0.422. The molecule has 0 amide bonds. The van der Waals surface area contributed by atoms with Gasteiger partial charge in [-0.15, -0.1) is 0 Å². The van der Waals surface area contributed by atoms with Crippen LogP contribution in [-0.2, 0) is 0 Å². The Morgan fingerprint density at radius 3 is 3.25 bits per heavy atom. The minimum Gasteiger partial charge on any atom is -0.508 e. The molecule has 1 N–H and O–H groups in total. The highest BCUT2D eigenvalue weighted by Crippen LogP contribution is 2.12. The summed E-state index contributed by atoms with van der Waals surface area (Å²) in [6, 6.07) is 3.77. The van der Waals surface area contributed by atoms with Gasteiger partial charge in [-0.05, 0) is 18.5 Å². The van der Waals surface area contributed by atoms with E-state index in [1.165, 1.54) is 12.1 Å². The number of aryl methyl sites for hydroxylation is 1. The molecular formula is C7H8O. The molecule has 1 nitrogen and oxygen atoms in total. The van der Waals surface area contributed by atoms with Gasteiger partial charge in [0, 0.05) is 4.11 Å². The van der Waals surface area contributed by atoms with Crippen LogP contribution in [0.1, 0.15) is 11.0 Å². The minimum absolute atomic E-state index is 0.0823. The van der Waals surface area contributed by atoms with E-state index in [0.717, 1.165) is 6.07 Å². The normalized spacial score (nSPS) is 18.0. The van der Waals surface area contributed by atoms with Gasteiger partial charge in [-0.2, -0.15) is 0 Å². The predicted molar refractivity (Wildman–Crippen MR) is 32.8 cm³/mol. The number of aromatic hydroxyl groups is 1. The number of hydrogen-bond acceptors (Lipinski definition) is 1. The summed E-state index contributed by atoms with van der Waals surface area (Å²) in [5.41, 5.74) is -0.171. The van der Waals surface area contributed by atoms with Crippen molar-refractivity contribution in [1.82, 2.24) is 0 Å².